The van der Waals surface area contributed by atoms with Gasteiger partial charge in [-0.15, -0.1) is 0 Å². The molecule has 1 fully saturated rings. The fourth-order valence-corrected chi connectivity index (χ4v) is 9.00. The number of hydrogen-bond acceptors (Lipinski definition) is 16. The number of carbonyl (C=O) groups is 12. The molecule has 442 valence electrons. The van der Waals surface area contributed by atoms with Crippen LogP contribution in [0.5, 0.6) is 0 Å². The molecule has 1 saturated heterocycles. The van der Waals surface area contributed by atoms with Gasteiger partial charge in [0.15, 0.2) is 5.96 Å². The predicted octanol–water partition coefficient (Wildman–Crippen LogP) is -5.87. The maximum atomic E-state index is 14.3. The van der Waals surface area contributed by atoms with Crippen molar-refractivity contribution in [1.29, 1.82) is 0 Å². The highest BCUT2D eigenvalue weighted by atomic mass is 32.1. The molecule has 1 aromatic carbocycles. The molecule has 9 atom stereocenters. The smallest absolute Gasteiger partial charge is 0.326 e. The van der Waals surface area contributed by atoms with Crippen molar-refractivity contribution in [3.05, 3.63) is 54.2 Å². The van der Waals surface area contributed by atoms with Gasteiger partial charge < -0.3 is 91.6 Å². The Morgan fingerprint density at radius 2 is 1.25 bits per heavy atom. The second kappa shape index (κ2) is 31.1. The Labute approximate surface area is 469 Å². The van der Waals surface area contributed by atoms with E-state index >= 15 is 0 Å². The first-order valence-corrected chi connectivity index (χ1v) is 26.4. The van der Waals surface area contributed by atoms with Crippen LogP contribution in [0.1, 0.15) is 76.5 Å². The molecule has 11 amide bonds. The number of aromatic nitrogens is 3. The SMILES string of the molecule is CC(C)C[C@H](NC(=O)[C@H](Cc1cnc[nH]1)NC(=O)[C@@H]1CCCN1C(=O)[C@H](CC(N)=O)NC(=O)[C@@H](N)Cc1c[nH]c2ccccc12)C(=O)N[C@@H](CS)C(=O)N[C@@H](CC(N)=O)C(=O)N[C@@H](CC(N)=O)C(=O)N[C@@H](CCCN=C(N)N)C(=O)O. The summed E-state index contributed by atoms with van der Waals surface area (Å²) in [6, 6.07) is -6.16. The largest absolute Gasteiger partial charge is 0.480 e. The first-order valence-electron chi connectivity index (χ1n) is 25.7. The number of para-hydroxylation sites is 1. The number of carbonyl (C=O) groups excluding carboxylic acids is 11. The number of aliphatic carboxylic acids is 1. The molecular weight excluding hydrogens is 1080 g/mol. The number of H-pyrrole nitrogens is 2. The van der Waals surface area contributed by atoms with Crippen molar-refractivity contribution in [2.75, 3.05) is 18.8 Å². The first kappa shape index (κ1) is 64.7. The van der Waals surface area contributed by atoms with Crippen molar-refractivity contribution in [2.24, 2.45) is 45.3 Å². The Morgan fingerprint density at radius 1 is 0.704 bits per heavy atom. The van der Waals surface area contributed by atoms with Gasteiger partial charge in [-0.3, -0.25) is 57.7 Å². The number of aliphatic imine (C=N–C) groups is 1. The molecule has 0 spiro atoms. The highest BCUT2D eigenvalue weighted by Crippen LogP contribution is 2.22. The van der Waals surface area contributed by atoms with Gasteiger partial charge in [-0.1, -0.05) is 32.0 Å². The minimum Gasteiger partial charge on any atom is -0.480 e. The van der Waals surface area contributed by atoms with Gasteiger partial charge >= 0.3 is 5.97 Å². The molecule has 32 heteroatoms. The molecule has 0 aliphatic carbocycles. The van der Waals surface area contributed by atoms with Gasteiger partial charge in [-0.05, 0) is 56.1 Å². The molecule has 22 N–H and O–H groups in total. The summed E-state index contributed by atoms with van der Waals surface area (Å²) in [7, 11) is 0. The standard InChI is InChI=1S/C49H72N18O13S/c1-23(2)13-30(41(72)66-35(21-81)45(76)63-33(17-38(52)69)44(75)62-32(16-37(51)68)43(74)60-29(48(79)80)9-5-11-57-49(54)55)61-42(73)31(15-25-20-56-22-59-25)64-46(77)36-10-6-12-67(36)47(78)34(18-39(53)70)65-40(71)27(50)14-24-19-58-28-8-4-3-7-26(24)28/h3-4,7-8,19-20,22-23,27,29-36,58,81H,5-6,9-18,21,50H2,1-2H3,(H2,51,68)(H2,52,69)(H2,53,70)(H,56,59)(H,60,74)(H,61,73)(H,62,75)(H,63,76)(H,64,77)(H,65,71)(H,66,72)(H,79,80)(H4,54,55,57)/t27-,29-,30-,31-,32-,33-,34-,35-,36-/m0/s1. The van der Waals surface area contributed by atoms with Gasteiger partial charge in [-0.25, -0.2) is 9.78 Å². The third kappa shape index (κ3) is 20.4. The van der Waals surface area contributed by atoms with Gasteiger partial charge in [0.05, 0.1) is 31.6 Å². The topological polar surface area (TPSA) is 525 Å². The maximum absolute atomic E-state index is 14.3. The number of nitrogens with two attached hydrogens (primary N) is 6. The second-order valence-corrected chi connectivity index (χ2v) is 20.0. The molecule has 31 nitrogen and oxygen atoms in total. The summed E-state index contributed by atoms with van der Waals surface area (Å²) in [6.45, 7) is 3.49. The number of benzene rings is 1. The Hall–Kier alpha value is -8.81. The number of rotatable bonds is 33. The number of primary amides is 3. The van der Waals surface area contributed by atoms with Crippen LogP contribution < -0.4 is 71.6 Å². The number of guanidine groups is 1. The minimum absolute atomic E-state index is 0.0119. The van der Waals surface area contributed by atoms with E-state index in [4.69, 9.17) is 34.4 Å². The number of hydrogen-bond donors (Lipinski definition) is 17. The van der Waals surface area contributed by atoms with Gasteiger partial charge in [0.2, 0.25) is 65.0 Å². The van der Waals surface area contributed by atoms with E-state index < -0.39 is 150 Å². The lowest BCUT2D eigenvalue weighted by Crippen LogP contribution is -2.61. The van der Waals surface area contributed by atoms with Gasteiger partial charge in [0.25, 0.3) is 0 Å². The molecule has 0 radical (unpaired) electrons. The summed E-state index contributed by atoms with van der Waals surface area (Å²) in [4.78, 5) is 174. The van der Waals surface area contributed by atoms with E-state index in [1.165, 1.54) is 17.4 Å². The molecule has 1 aliphatic rings. The fraction of sp³-hybridized carbons (Fsp3) is 0.510. The summed E-state index contributed by atoms with van der Waals surface area (Å²) >= 11 is 4.19. The maximum Gasteiger partial charge on any atom is 0.326 e. The van der Waals surface area contributed by atoms with Crippen LogP contribution in [-0.4, -0.2) is 175 Å². The lowest BCUT2D eigenvalue weighted by Gasteiger charge is -2.30. The summed E-state index contributed by atoms with van der Waals surface area (Å²) in [6.07, 6.45) is 2.22. The summed E-state index contributed by atoms with van der Waals surface area (Å²) in [5.74, 6) is -13.3. The number of amides is 11. The molecular formula is C49H72N18O13S. The number of imidazole rings is 1. The van der Waals surface area contributed by atoms with E-state index in [1.807, 2.05) is 24.3 Å². The molecule has 2 aromatic heterocycles. The molecule has 0 bridgehead atoms. The van der Waals surface area contributed by atoms with E-state index in [0.29, 0.717) is 12.1 Å². The molecule has 81 heavy (non-hydrogen) atoms. The first-order chi connectivity index (χ1) is 38.3. The number of thiol groups is 1. The van der Waals surface area contributed by atoms with E-state index in [-0.39, 0.29) is 63.5 Å². The van der Waals surface area contributed by atoms with Crippen LogP contribution in [-0.2, 0) is 70.4 Å². The van der Waals surface area contributed by atoms with Crippen molar-refractivity contribution in [2.45, 2.75) is 132 Å². The van der Waals surface area contributed by atoms with Crippen molar-refractivity contribution < 1.29 is 62.6 Å². The second-order valence-electron chi connectivity index (χ2n) is 19.7. The van der Waals surface area contributed by atoms with Crippen LogP contribution in [0.2, 0.25) is 0 Å². The Morgan fingerprint density at radius 3 is 1.81 bits per heavy atom. The van der Waals surface area contributed by atoms with E-state index in [2.05, 4.69) is 69.8 Å². The molecule has 0 saturated carbocycles. The van der Waals surface area contributed by atoms with Crippen LogP contribution in [0.4, 0.5) is 0 Å². The van der Waals surface area contributed by atoms with E-state index in [0.717, 1.165) is 16.5 Å². The summed E-state index contributed by atoms with van der Waals surface area (Å²) in [5.41, 5.74) is 35.0. The average molecular weight is 1150 g/mol. The monoisotopic (exact) mass is 1150 g/mol. The Balaban J connectivity index is 1.48. The highest BCUT2D eigenvalue weighted by Gasteiger charge is 2.41. The summed E-state index contributed by atoms with van der Waals surface area (Å²) in [5, 5.41) is 27.4. The fourth-order valence-electron chi connectivity index (χ4n) is 8.75. The number of carboxylic acids is 1. The van der Waals surface area contributed by atoms with Crippen LogP contribution in [0.15, 0.2) is 48.0 Å². The van der Waals surface area contributed by atoms with Gasteiger partial charge in [-0.2, -0.15) is 12.6 Å². The Bertz CT molecular complexity index is 2790. The predicted molar refractivity (Wildman–Crippen MR) is 293 cm³/mol. The number of likely N-dealkylation sites (tertiary alicyclic amines) is 1. The van der Waals surface area contributed by atoms with Crippen molar-refractivity contribution in [3.8, 4) is 0 Å². The molecule has 3 heterocycles. The van der Waals surface area contributed by atoms with Crippen LogP contribution in [0, 0.1) is 5.92 Å². The lowest BCUT2D eigenvalue weighted by molar-refractivity contribution is -0.143. The number of nitrogens with one attached hydrogen (secondary N) is 9. The molecule has 3 aromatic rings. The van der Waals surface area contributed by atoms with Crippen molar-refractivity contribution in [1.82, 2.24) is 57.1 Å². The van der Waals surface area contributed by atoms with Crippen LogP contribution in [0.25, 0.3) is 10.9 Å². The number of carboxylic acid groups (broad SMARTS) is 1. The normalized spacial score (nSPS) is 16.0. The Kier molecular flexibility index (Phi) is 24.8. The van der Waals surface area contributed by atoms with E-state index in [9.17, 15) is 62.6 Å². The van der Waals surface area contributed by atoms with Gasteiger partial charge in [0, 0.05) is 54.3 Å². The third-order valence-electron chi connectivity index (χ3n) is 12.7. The third-order valence-corrected chi connectivity index (χ3v) is 13.1. The van der Waals surface area contributed by atoms with E-state index in [1.54, 1.807) is 20.0 Å². The molecule has 1 aliphatic heterocycles. The number of fused-ring (bicyclic) bond motifs is 1. The van der Waals surface area contributed by atoms with Crippen LogP contribution >= 0.6 is 12.6 Å². The van der Waals surface area contributed by atoms with Gasteiger partial charge in [0.1, 0.15) is 48.3 Å². The number of aromatic amines is 2. The minimum atomic E-state index is -1.86. The zero-order chi connectivity index (χ0) is 60.1. The van der Waals surface area contributed by atoms with Crippen molar-refractivity contribution >= 4 is 100 Å². The highest BCUT2D eigenvalue weighted by molar-refractivity contribution is 7.80. The van der Waals surface area contributed by atoms with Crippen LogP contribution in [0.3, 0.4) is 0 Å². The molecule has 0 unspecified atom stereocenters. The zero-order valence-corrected chi connectivity index (χ0v) is 45.5. The lowest BCUT2D eigenvalue weighted by atomic mass is 10.0. The zero-order valence-electron chi connectivity index (χ0n) is 44.6. The quantitative estimate of drug-likeness (QED) is 0.0117. The summed E-state index contributed by atoms with van der Waals surface area (Å²) < 4.78 is 0. The van der Waals surface area contributed by atoms with Crippen molar-refractivity contribution in [3.63, 3.8) is 0 Å². The molecule has 4 rings (SSSR count). The average Bonchev–Trinajstić information content (AvgIpc) is 4.19. The number of nitrogens with zero attached hydrogens (tertiary/aromatic N) is 3.